The van der Waals surface area contributed by atoms with Gasteiger partial charge >= 0.3 is 0 Å². The SMILES string of the molecule is CC(N)=O.O=S([O-])c1cccc(-c2cnn(-c3cncc(F)c3)c2)n1. The molecule has 0 aliphatic rings. The molecule has 0 bridgehead atoms. The summed E-state index contributed by atoms with van der Waals surface area (Å²) < 4.78 is 36.4. The lowest BCUT2D eigenvalue weighted by atomic mass is 10.2. The quantitative estimate of drug-likeness (QED) is 0.698. The number of rotatable bonds is 3. The summed E-state index contributed by atoms with van der Waals surface area (Å²) in [6.07, 6.45) is 5.71. The summed E-state index contributed by atoms with van der Waals surface area (Å²) in [6.45, 7) is 1.31. The third kappa shape index (κ3) is 5.26. The smallest absolute Gasteiger partial charge is 0.214 e. The highest BCUT2D eigenvalue weighted by molar-refractivity contribution is 7.79. The minimum atomic E-state index is -2.39. The van der Waals surface area contributed by atoms with Gasteiger partial charge in [-0.25, -0.2) is 14.1 Å². The lowest BCUT2D eigenvalue weighted by Gasteiger charge is -2.05. The van der Waals surface area contributed by atoms with E-state index in [9.17, 15) is 17.9 Å². The van der Waals surface area contributed by atoms with Gasteiger partial charge in [0.25, 0.3) is 0 Å². The zero-order valence-corrected chi connectivity index (χ0v) is 13.8. The molecule has 1 atom stereocenters. The third-order valence-corrected chi connectivity index (χ3v) is 3.30. The Kier molecular flexibility index (Phi) is 6.03. The summed E-state index contributed by atoms with van der Waals surface area (Å²) in [7, 11) is 0. The van der Waals surface area contributed by atoms with E-state index in [-0.39, 0.29) is 10.9 Å². The Morgan fingerprint density at radius 1 is 1.32 bits per heavy atom. The zero-order chi connectivity index (χ0) is 18.4. The molecule has 0 radical (unpaired) electrons. The van der Waals surface area contributed by atoms with E-state index in [1.807, 2.05) is 0 Å². The van der Waals surface area contributed by atoms with Crippen molar-refractivity contribution in [1.82, 2.24) is 19.7 Å². The predicted molar refractivity (Wildman–Crippen MR) is 86.6 cm³/mol. The van der Waals surface area contributed by atoms with Crippen LogP contribution in [0.15, 0.2) is 54.1 Å². The summed E-state index contributed by atoms with van der Waals surface area (Å²) >= 11 is -2.39. The number of carbonyl (C=O) groups is 1. The number of nitrogens with zero attached hydrogens (tertiary/aromatic N) is 4. The standard InChI is InChI=1S/C13H9FN4O2S.C2H5NO/c14-10-4-11(7-15-6-10)18-8-9(5-16-18)12-2-1-3-13(17-12)21(19)20;1-2(3)4/h1-8H,(H,19,20);1H3,(H2,3,4)/p-1. The maximum Gasteiger partial charge on any atom is 0.214 e. The van der Waals surface area contributed by atoms with Gasteiger partial charge in [-0.3, -0.25) is 14.0 Å². The van der Waals surface area contributed by atoms with Crippen molar-refractivity contribution < 1.29 is 17.9 Å². The second-order valence-corrected chi connectivity index (χ2v) is 5.63. The molecule has 8 nitrogen and oxygen atoms in total. The lowest BCUT2D eigenvalue weighted by molar-refractivity contribution is -0.115. The van der Waals surface area contributed by atoms with Crippen LogP contribution in [0.25, 0.3) is 16.9 Å². The van der Waals surface area contributed by atoms with Gasteiger partial charge in [-0.15, -0.1) is 0 Å². The molecule has 25 heavy (non-hydrogen) atoms. The molecule has 0 saturated heterocycles. The van der Waals surface area contributed by atoms with E-state index in [2.05, 4.69) is 20.8 Å². The summed E-state index contributed by atoms with van der Waals surface area (Å²) in [5, 5.41) is 4.05. The summed E-state index contributed by atoms with van der Waals surface area (Å²) in [4.78, 5) is 17.0. The molecule has 0 aliphatic heterocycles. The largest absolute Gasteiger partial charge is 0.767 e. The second kappa shape index (κ2) is 8.22. The highest BCUT2D eigenvalue weighted by Crippen LogP contribution is 2.19. The van der Waals surface area contributed by atoms with Gasteiger partial charge in [0, 0.05) is 24.8 Å². The molecule has 1 amide bonds. The molecule has 3 aromatic rings. The monoisotopic (exact) mass is 362 g/mol. The van der Waals surface area contributed by atoms with E-state index in [1.54, 1.807) is 18.3 Å². The molecule has 0 aromatic carbocycles. The predicted octanol–water partition coefficient (Wildman–Crippen LogP) is 1.20. The number of hydrogen-bond acceptors (Lipinski definition) is 6. The fourth-order valence-electron chi connectivity index (χ4n) is 1.79. The molecule has 3 aromatic heterocycles. The molecule has 0 aliphatic carbocycles. The molecule has 0 spiro atoms. The number of primary amides is 1. The van der Waals surface area contributed by atoms with Gasteiger partial charge in [0.15, 0.2) is 0 Å². The van der Waals surface area contributed by atoms with E-state index in [0.29, 0.717) is 16.9 Å². The van der Waals surface area contributed by atoms with Crippen LogP contribution in [-0.4, -0.2) is 34.4 Å². The fourth-order valence-corrected chi connectivity index (χ4v) is 2.15. The first-order chi connectivity index (χ1) is 11.9. The minimum absolute atomic E-state index is 0.0485. The van der Waals surface area contributed by atoms with E-state index in [4.69, 9.17) is 0 Å². The Bertz CT molecular complexity index is 911. The van der Waals surface area contributed by atoms with Crippen molar-refractivity contribution in [2.24, 2.45) is 5.73 Å². The highest BCUT2D eigenvalue weighted by Gasteiger charge is 2.07. The molecule has 3 heterocycles. The van der Waals surface area contributed by atoms with Gasteiger partial charge in [0.1, 0.15) is 10.8 Å². The topological polar surface area (TPSA) is 127 Å². The number of halogens is 1. The summed E-state index contributed by atoms with van der Waals surface area (Å²) in [6, 6.07) is 5.95. The Hall–Kier alpha value is -2.98. The van der Waals surface area contributed by atoms with Crippen LogP contribution < -0.4 is 5.73 Å². The minimum Gasteiger partial charge on any atom is -0.767 e. The molecule has 2 N–H and O–H groups in total. The number of carbonyl (C=O) groups excluding carboxylic acids is 1. The van der Waals surface area contributed by atoms with E-state index < -0.39 is 16.9 Å². The number of hydrogen-bond donors (Lipinski definition) is 1. The van der Waals surface area contributed by atoms with Crippen LogP contribution in [0.4, 0.5) is 4.39 Å². The van der Waals surface area contributed by atoms with Crippen molar-refractivity contribution in [2.45, 2.75) is 11.9 Å². The Balaban J connectivity index is 0.000000511. The van der Waals surface area contributed by atoms with E-state index >= 15 is 0 Å². The van der Waals surface area contributed by atoms with Crippen LogP contribution >= 0.6 is 0 Å². The first-order valence-electron chi connectivity index (χ1n) is 6.85. The Labute approximate surface area is 144 Å². The molecule has 0 fully saturated rings. The number of amides is 1. The van der Waals surface area contributed by atoms with Crippen molar-refractivity contribution >= 4 is 17.0 Å². The first-order valence-corrected chi connectivity index (χ1v) is 7.92. The van der Waals surface area contributed by atoms with Crippen molar-refractivity contribution in [3.8, 4) is 16.9 Å². The van der Waals surface area contributed by atoms with Crippen molar-refractivity contribution in [2.75, 3.05) is 0 Å². The van der Waals surface area contributed by atoms with Gasteiger partial charge < -0.3 is 10.3 Å². The fraction of sp³-hybridized carbons (Fsp3) is 0.0667. The zero-order valence-electron chi connectivity index (χ0n) is 13.0. The number of aromatic nitrogens is 4. The summed E-state index contributed by atoms with van der Waals surface area (Å²) in [5.74, 6) is -0.800. The second-order valence-electron chi connectivity index (χ2n) is 4.74. The van der Waals surface area contributed by atoms with Crippen LogP contribution in [0.2, 0.25) is 0 Å². The Morgan fingerprint density at radius 3 is 2.68 bits per heavy atom. The average Bonchev–Trinajstić information content (AvgIpc) is 3.04. The lowest BCUT2D eigenvalue weighted by Crippen LogP contribution is -2.01. The van der Waals surface area contributed by atoms with E-state index in [0.717, 1.165) is 6.20 Å². The van der Waals surface area contributed by atoms with Crippen LogP contribution in [0.3, 0.4) is 0 Å². The molecule has 1 unspecified atom stereocenters. The average molecular weight is 362 g/mol. The maximum atomic E-state index is 13.1. The molecule has 10 heteroatoms. The van der Waals surface area contributed by atoms with Gasteiger partial charge in [-0.1, -0.05) is 6.07 Å². The van der Waals surface area contributed by atoms with Gasteiger partial charge in [-0.05, 0) is 23.2 Å². The van der Waals surface area contributed by atoms with Gasteiger partial charge in [-0.2, -0.15) is 5.10 Å². The van der Waals surface area contributed by atoms with Crippen molar-refractivity contribution in [1.29, 1.82) is 0 Å². The van der Waals surface area contributed by atoms with E-state index in [1.165, 1.54) is 36.1 Å². The third-order valence-electron chi connectivity index (χ3n) is 2.73. The van der Waals surface area contributed by atoms with Crippen LogP contribution in [-0.2, 0) is 15.9 Å². The van der Waals surface area contributed by atoms with Gasteiger partial charge in [0.05, 0.1) is 30.0 Å². The first kappa shape index (κ1) is 18.4. The molecule has 3 rings (SSSR count). The maximum absolute atomic E-state index is 13.1. The molecular formula is C15H13FN5O3S-. The number of nitrogens with two attached hydrogens (primary N) is 1. The molecule has 0 saturated carbocycles. The summed E-state index contributed by atoms with van der Waals surface area (Å²) in [5.41, 5.74) is 6.02. The van der Waals surface area contributed by atoms with Gasteiger partial charge in [0.2, 0.25) is 5.91 Å². The Morgan fingerprint density at radius 2 is 2.04 bits per heavy atom. The van der Waals surface area contributed by atoms with Crippen LogP contribution in [0.1, 0.15) is 6.92 Å². The number of pyridine rings is 2. The normalized spacial score (nSPS) is 11.3. The van der Waals surface area contributed by atoms with Crippen molar-refractivity contribution in [3.63, 3.8) is 0 Å². The van der Waals surface area contributed by atoms with Crippen molar-refractivity contribution in [3.05, 3.63) is 54.9 Å². The molecular weight excluding hydrogens is 349 g/mol. The molecule has 130 valence electrons. The van der Waals surface area contributed by atoms with Crippen LogP contribution in [0, 0.1) is 5.82 Å². The van der Waals surface area contributed by atoms with Crippen LogP contribution in [0.5, 0.6) is 0 Å². The highest BCUT2D eigenvalue weighted by atomic mass is 32.2.